The van der Waals surface area contributed by atoms with Crippen molar-refractivity contribution in [1.29, 1.82) is 0 Å². The molecule has 0 amide bonds. The van der Waals surface area contributed by atoms with Gasteiger partial charge >= 0.3 is 18.9 Å². The van der Waals surface area contributed by atoms with Crippen molar-refractivity contribution in [1.82, 2.24) is 0 Å². The first-order chi connectivity index (χ1) is 6.70. The van der Waals surface area contributed by atoms with Gasteiger partial charge in [-0.15, -0.1) is 6.71 Å². The normalized spacial score (nSPS) is 33.6. The van der Waals surface area contributed by atoms with Gasteiger partial charge in [0.1, 0.15) is 0 Å². The molecule has 2 heteroatoms. The van der Waals surface area contributed by atoms with Crippen molar-refractivity contribution in [3.63, 3.8) is 0 Å². The predicted octanol–water partition coefficient (Wildman–Crippen LogP) is 1.64. The third-order valence-electron chi connectivity index (χ3n) is 5.05. The molecule has 2 saturated heterocycles. The Kier molecular flexibility index (Phi) is 5.34. The summed E-state index contributed by atoms with van der Waals surface area (Å²) in [6, 6.07) is 0. The molecule has 2 fully saturated rings. The molecule has 81 valence electrons. The Labute approximate surface area is 108 Å². The standard InChI is InChI=1S/C13H25B.Li/c1-10(2)11(3)14-12-6-4-7-13(14)9-5-8-12;/h10-13H,4-9H2,1-3H3;/q-1;+1. The van der Waals surface area contributed by atoms with Crippen molar-refractivity contribution < 1.29 is 18.9 Å². The smallest absolute Gasteiger partial charge is 0.197 e. The minimum absolute atomic E-state index is 0. The molecule has 2 heterocycles. The maximum absolute atomic E-state index is 2.51. The SMILES string of the molecule is CC(C)C(C)[B-]1C2CCCC1CCC2.[Li+]. The van der Waals surface area contributed by atoms with Crippen LogP contribution in [0.3, 0.4) is 0 Å². The summed E-state index contributed by atoms with van der Waals surface area (Å²) in [4.78, 5) is 0. The quantitative estimate of drug-likeness (QED) is 0.593. The molecule has 0 spiro atoms. The molecule has 1 atom stereocenters. The third-order valence-corrected chi connectivity index (χ3v) is 5.05. The summed E-state index contributed by atoms with van der Waals surface area (Å²) in [5.41, 5.74) is 0. The molecule has 0 nitrogen and oxygen atoms in total. The van der Waals surface area contributed by atoms with Gasteiger partial charge in [0.2, 0.25) is 0 Å². The zero-order valence-electron chi connectivity index (χ0n) is 11.1. The summed E-state index contributed by atoms with van der Waals surface area (Å²) in [5.74, 6) is 4.05. The number of rotatable bonds is 2. The monoisotopic (exact) mass is 199 g/mol. The fourth-order valence-electron chi connectivity index (χ4n) is 4.03. The van der Waals surface area contributed by atoms with Crippen LogP contribution in [-0.4, -0.2) is 6.71 Å². The van der Waals surface area contributed by atoms with E-state index in [-0.39, 0.29) is 18.9 Å². The Hall–Kier alpha value is 0.662. The van der Waals surface area contributed by atoms with Crippen LogP contribution in [0.1, 0.15) is 59.3 Å². The summed E-state index contributed by atoms with van der Waals surface area (Å²) in [6.07, 6.45) is 9.21. The van der Waals surface area contributed by atoms with E-state index in [9.17, 15) is 0 Å². The second-order valence-corrected chi connectivity index (χ2v) is 6.06. The zero-order valence-corrected chi connectivity index (χ0v) is 11.1. The molecule has 1 unspecified atom stereocenters. The van der Waals surface area contributed by atoms with Crippen LogP contribution in [0, 0.1) is 5.92 Å². The first-order valence-corrected chi connectivity index (χ1v) is 6.70. The van der Waals surface area contributed by atoms with Crippen LogP contribution in [0.4, 0.5) is 0 Å². The van der Waals surface area contributed by atoms with Crippen LogP contribution in [0.5, 0.6) is 0 Å². The molecule has 0 aromatic heterocycles. The van der Waals surface area contributed by atoms with Crippen LogP contribution in [0.15, 0.2) is 0 Å². The molecular weight excluding hydrogens is 174 g/mol. The fourth-order valence-corrected chi connectivity index (χ4v) is 4.03. The van der Waals surface area contributed by atoms with Crippen molar-refractivity contribution in [2.24, 2.45) is 5.92 Å². The van der Waals surface area contributed by atoms with Crippen LogP contribution in [-0.2, 0) is 0 Å². The topological polar surface area (TPSA) is 0 Å². The van der Waals surface area contributed by atoms with Crippen LogP contribution < -0.4 is 18.9 Å². The van der Waals surface area contributed by atoms with Crippen molar-refractivity contribution in [3.05, 3.63) is 0 Å². The summed E-state index contributed by atoms with van der Waals surface area (Å²) < 4.78 is 0. The maximum Gasteiger partial charge on any atom is 1.00 e. The summed E-state index contributed by atoms with van der Waals surface area (Å²) >= 11 is 0. The zero-order chi connectivity index (χ0) is 10.1. The Balaban J connectivity index is 0.00000112. The van der Waals surface area contributed by atoms with E-state index in [4.69, 9.17) is 0 Å². The molecule has 2 aliphatic rings. The van der Waals surface area contributed by atoms with Crippen molar-refractivity contribution in [3.8, 4) is 0 Å². The Morgan fingerprint density at radius 2 is 1.27 bits per heavy atom. The first kappa shape index (κ1) is 13.7. The van der Waals surface area contributed by atoms with Crippen molar-refractivity contribution >= 4 is 6.71 Å². The molecule has 1 radical (unpaired) electrons. The fraction of sp³-hybridized carbons (Fsp3) is 1.00. The maximum atomic E-state index is 2.51. The van der Waals surface area contributed by atoms with E-state index < -0.39 is 0 Å². The van der Waals surface area contributed by atoms with Crippen LogP contribution >= 0.6 is 0 Å². The minimum atomic E-state index is 0. The van der Waals surface area contributed by atoms with Crippen LogP contribution in [0.2, 0.25) is 17.5 Å². The average Bonchev–Trinajstić information content (AvgIpc) is 2.15. The molecule has 0 N–H and O–H groups in total. The first-order valence-electron chi connectivity index (χ1n) is 6.70. The molecule has 0 aliphatic carbocycles. The van der Waals surface area contributed by atoms with Crippen molar-refractivity contribution in [2.45, 2.75) is 76.7 Å². The van der Waals surface area contributed by atoms with Crippen LogP contribution in [0.25, 0.3) is 0 Å². The van der Waals surface area contributed by atoms with E-state index >= 15 is 0 Å². The minimum Gasteiger partial charge on any atom is -0.197 e. The van der Waals surface area contributed by atoms with E-state index in [0.717, 1.165) is 30.1 Å². The summed E-state index contributed by atoms with van der Waals surface area (Å²) in [6.45, 7) is 8.41. The van der Waals surface area contributed by atoms with Gasteiger partial charge in [-0.05, 0) is 0 Å². The Morgan fingerprint density at radius 3 is 1.60 bits per heavy atom. The van der Waals surface area contributed by atoms with Gasteiger partial charge in [0.15, 0.2) is 0 Å². The second kappa shape index (κ2) is 5.83. The molecule has 2 aliphatic heterocycles. The number of fused-ring (bicyclic) bond motifs is 2. The summed E-state index contributed by atoms with van der Waals surface area (Å²) in [5, 5.41) is 0. The van der Waals surface area contributed by atoms with E-state index in [1.807, 2.05) is 0 Å². The van der Waals surface area contributed by atoms with E-state index in [1.54, 1.807) is 0 Å². The van der Waals surface area contributed by atoms with Gasteiger partial charge in [-0.3, -0.25) is 0 Å². The van der Waals surface area contributed by atoms with Gasteiger partial charge in [-0.1, -0.05) is 65.2 Å². The molecule has 2 rings (SSSR count). The summed E-state index contributed by atoms with van der Waals surface area (Å²) in [7, 11) is 0. The van der Waals surface area contributed by atoms with E-state index in [1.165, 1.54) is 38.5 Å². The average molecular weight is 199 g/mol. The van der Waals surface area contributed by atoms with Gasteiger partial charge in [0, 0.05) is 0 Å². The number of hydrogen-bond donors (Lipinski definition) is 0. The predicted molar refractivity (Wildman–Crippen MR) is 65.2 cm³/mol. The molecule has 0 aromatic rings. The van der Waals surface area contributed by atoms with Gasteiger partial charge in [-0.25, -0.2) is 0 Å². The van der Waals surface area contributed by atoms with Gasteiger partial charge in [0.25, 0.3) is 0 Å². The largest absolute Gasteiger partial charge is 1.00 e. The van der Waals surface area contributed by atoms with Gasteiger partial charge < -0.3 is 0 Å². The molecule has 0 aromatic carbocycles. The Morgan fingerprint density at radius 1 is 0.867 bits per heavy atom. The van der Waals surface area contributed by atoms with E-state index in [2.05, 4.69) is 20.8 Å². The Bertz CT molecular complexity index is 168. The molecule has 0 saturated carbocycles. The molecule has 15 heavy (non-hydrogen) atoms. The third kappa shape index (κ3) is 2.86. The van der Waals surface area contributed by atoms with Gasteiger partial charge in [0.05, 0.1) is 0 Å². The van der Waals surface area contributed by atoms with E-state index in [0.29, 0.717) is 0 Å². The second-order valence-electron chi connectivity index (χ2n) is 6.06. The molecular formula is C13H25BLi. The molecule has 2 bridgehead atoms. The number of hydrogen-bond acceptors (Lipinski definition) is 0. The van der Waals surface area contributed by atoms with Gasteiger partial charge in [-0.2, -0.15) is 17.5 Å². The van der Waals surface area contributed by atoms with Crippen molar-refractivity contribution in [2.75, 3.05) is 0 Å².